The molecule has 0 aliphatic carbocycles. The summed E-state index contributed by atoms with van der Waals surface area (Å²) >= 11 is 2.11. The Labute approximate surface area is 151 Å². The fourth-order valence-electron chi connectivity index (χ4n) is 2.14. The zero-order valence-corrected chi connectivity index (χ0v) is 15.1. The van der Waals surface area contributed by atoms with Crippen LogP contribution < -0.4 is 10.1 Å². The first-order chi connectivity index (χ1) is 11.2. The van der Waals surface area contributed by atoms with Crippen LogP contribution in [0.25, 0.3) is 0 Å². The van der Waals surface area contributed by atoms with Gasteiger partial charge in [-0.25, -0.2) is 0 Å². The normalized spacial score (nSPS) is 12.6. The van der Waals surface area contributed by atoms with Crippen molar-refractivity contribution in [2.75, 3.05) is 0 Å². The van der Waals surface area contributed by atoms with Gasteiger partial charge in [0.1, 0.15) is 5.75 Å². The Kier molecular flexibility index (Phi) is 5.74. The fourth-order valence-corrected chi connectivity index (χ4v) is 2.74. The molecule has 0 spiro atoms. The molecule has 1 atom stereocenters. The van der Waals surface area contributed by atoms with Crippen molar-refractivity contribution < 1.29 is 22.7 Å². The largest absolute Gasteiger partial charge is 0.573 e. The van der Waals surface area contributed by atoms with Gasteiger partial charge in [0, 0.05) is 3.57 Å². The van der Waals surface area contributed by atoms with E-state index in [1.165, 1.54) is 24.3 Å². The average molecular weight is 449 g/mol. The highest BCUT2D eigenvalue weighted by molar-refractivity contribution is 14.1. The number of aryl methyl sites for hydroxylation is 1. The summed E-state index contributed by atoms with van der Waals surface area (Å²) in [5, 5.41) is 2.84. The van der Waals surface area contributed by atoms with Gasteiger partial charge < -0.3 is 10.1 Å². The molecule has 2 aromatic rings. The monoisotopic (exact) mass is 449 g/mol. The smallest absolute Gasteiger partial charge is 0.406 e. The zero-order valence-electron chi connectivity index (χ0n) is 12.9. The molecule has 2 aromatic carbocycles. The van der Waals surface area contributed by atoms with Gasteiger partial charge in [-0.05, 0) is 65.8 Å². The molecule has 1 unspecified atom stereocenters. The predicted molar refractivity (Wildman–Crippen MR) is 92.9 cm³/mol. The molecule has 0 radical (unpaired) electrons. The van der Waals surface area contributed by atoms with Gasteiger partial charge in [0.15, 0.2) is 0 Å². The van der Waals surface area contributed by atoms with Crippen LogP contribution in [0, 0.1) is 10.5 Å². The first kappa shape index (κ1) is 18.6. The van der Waals surface area contributed by atoms with E-state index in [2.05, 4.69) is 32.6 Å². The second kappa shape index (κ2) is 7.42. The van der Waals surface area contributed by atoms with E-state index in [9.17, 15) is 18.0 Å². The number of benzene rings is 2. The minimum absolute atomic E-state index is 0.230. The molecule has 3 nitrogen and oxygen atoms in total. The van der Waals surface area contributed by atoms with Gasteiger partial charge in [-0.3, -0.25) is 4.79 Å². The van der Waals surface area contributed by atoms with Crippen molar-refractivity contribution in [3.63, 3.8) is 0 Å². The van der Waals surface area contributed by atoms with E-state index < -0.39 is 6.36 Å². The lowest BCUT2D eigenvalue weighted by Crippen LogP contribution is -2.27. The molecule has 0 aliphatic rings. The number of amides is 1. The Morgan fingerprint density at radius 3 is 2.38 bits per heavy atom. The quantitative estimate of drug-likeness (QED) is 0.669. The van der Waals surface area contributed by atoms with Crippen molar-refractivity contribution in [1.29, 1.82) is 0 Å². The molecule has 0 saturated heterocycles. The summed E-state index contributed by atoms with van der Waals surface area (Å²) in [6.45, 7) is 3.68. The molecule has 1 N–H and O–H groups in total. The summed E-state index contributed by atoms with van der Waals surface area (Å²) in [5.74, 6) is -0.524. The molecule has 1 amide bonds. The van der Waals surface area contributed by atoms with Gasteiger partial charge in [0.25, 0.3) is 5.91 Å². The summed E-state index contributed by atoms with van der Waals surface area (Å²) in [5.41, 5.74) is 2.25. The van der Waals surface area contributed by atoms with Gasteiger partial charge in [-0.2, -0.15) is 0 Å². The van der Waals surface area contributed by atoms with E-state index in [1.54, 1.807) is 19.1 Å². The lowest BCUT2D eigenvalue weighted by molar-refractivity contribution is -0.274. The first-order valence-corrected chi connectivity index (χ1v) is 8.17. The Balaban J connectivity index is 2.08. The fraction of sp³-hybridized carbons (Fsp3) is 0.235. The third kappa shape index (κ3) is 4.86. The Hall–Kier alpha value is -1.77. The Morgan fingerprint density at radius 1 is 1.17 bits per heavy atom. The van der Waals surface area contributed by atoms with Crippen LogP contribution in [0.5, 0.6) is 5.75 Å². The van der Waals surface area contributed by atoms with Crippen molar-refractivity contribution in [1.82, 2.24) is 5.32 Å². The molecule has 2 rings (SSSR count). The molecule has 0 saturated carbocycles. The van der Waals surface area contributed by atoms with E-state index in [0.717, 1.165) is 9.13 Å². The average Bonchev–Trinajstić information content (AvgIpc) is 2.49. The first-order valence-electron chi connectivity index (χ1n) is 7.09. The molecule has 0 bridgehead atoms. The summed E-state index contributed by atoms with van der Waals surface area (Å²) < 4.78 is 41.1. The molecule has 7 heteroatoms. The van der Waals surface area contributed by atoms with Gasteiger partial charge in [0.2, 0.25) is 0 Å². The van der Waals surface area contributed by atoms with E-state index >= 15 is 0 Å². The lowest BCUT2D eigenvalue weighted by atomic mass is 10.1. The molecule has 0 aliphatic heterocycles. The van der Waals surface area contributed by atoms with Crippen LogP contribution in [0.3, 0.4) is 0 Å². The number of rotatable bonds is 4. The molecule has 0 heterocycles. The molecule has 0 fully saturated rings. The van der Waals surface area contributed by atoms with Crippen molar-refractivity contribution in [3.8, 4) is 5.75 Å². The summed E-state index contributed by atoms with van der Waals surface area (Å²) in [6.07, 6.45) is -4.72. The maximum atomic E-state index is 12.4. The second-order valence-corrected chi connectivity index (χ2v) is 6.33. The van der Waals surface area contributed by atoms with Crippen LogP contribution in [0.4, 0.5) is 13.2 Å². The predicted octanol–water partition coefficient (Wildman–Crippen LogP) is 4.99. The minimum atomic E-state index is -4.72. The van der Waals surface area contributed by atoms with Crippen LogP contribution in [-0.2, 0) is 0 Å². The number of alkyl halides is 3. The molecular formula is C17H15F3INO2. The van der Waals surface area contributed by atoms with Gasteiger partial charge in [0.05, 0.1) is 11.6 Å². The van der Waals surface area contributed by atoms with Crippen molar-refractivity contribution in [2.24, 2.45) is 0 Å². The molecule has 24 heavy (non-hydrogen) atoms. The van der Waals surface area contributed by atoms with Crippen LogP contribution in [0.2, 0.25) is 0 Å². The minimum Gasteiger partial charge on any atom is -0.406 e. The third-order valence-corrected chi connectivity index (χ3v) is 4.83. The maximum Gasteiger partial charge on any atom is 0.573 e. The number of carbonyl (C=O) groups excluding carboxylic acids is 1. The number of halogens is 4. The topological polar surface area (TPSA) is 38.3 Å². The highest BCUT2D eigenvalue weighted by Crippen LogP contribution is 2.25. The van der Waals surface area contributed by atoms with Crippen LogP contribution in [0.15, 0.2) is 42.5 Å². The van der Waals surface area contributed by atoms with E-state index in [-0.39, 0.29) is 17.7 Å². The second-order valence-electron chi connectivity index (χ2n) is 5.25. The van der Waals surface area contributed by atoms with Crippen molar-refractivity contribution >= 4 is 28.5 Å². The van der Waals surface area contributed by atoms with Crippen molar-refractivity contribution in [2.45, 2.75) is 26.3 Å². The standard InChI is InChI=1S/C17H15F3INO2/c1-10-4-3-5-14(15(10)21)16(23)22-11(2)12-6-8-13(9-7-12)24-17(18,19)20/h3-9,11H,1-2H3,(H,22,23). The number of carbonyl (C=O) groups is 1. The number of hydrogen-bond donors (Lipinski definition) is 1. The van der Waals surface area contributed by atoms with Crippen LogP contribution in [-0.4, -0.2) is 12.3 Å². The van der Waals surface area contributed by atoms with E-state index in [4.69, 9.17) is 0 Å². The summed E-state index contributed by atoms with van der Waals surface area (Å²) in [7, 11) is 0. The maximum absolute atomic E-state index is 12.4. The highest BCUT2D eigenvalue weighted by atomic mass is 127. The molecule has 128 valence electrons. The van der Waals surface area contributed by atoms with E-state index in [1.807, 2.05) is 13.0 Å². The Morgan fingerprint density at radius 2 is 1.79 bits per heavy atom. The Bertz CT molecular complexity index is 730. The third-order valence-electron chi connectivity index (χ3n) is 3.40. The molecular weight excluding hydrogens is 434 g/mol. The number of hydrogen-bond acceptors (Lipinski definition) is 2. The van der Waals surface area contributed by atoms with Crippen molar-refractivity contribution in [3.05, 3.63) is 62.7 Å². The lowest BCUT2D eigenvalue weighted by Gasteiger charge is -2.16. The number of nitrogens with one attached hydrogen (secondary N) is 1. The molecule has 0 aromatic heterocycles. The summed E-state index contributed by atoms with van der Waals surface area (Å²) in [6, 6.07) is 10.5. The highest BCUT2D eigenvalue weighted by Gasteiger charge is 2.31. The number of ether oxygens (including phenoxy) is 1. The van der Waals surface area contributed by atoms with E-state index in [0.29, 0.717) is 11.1 Å². The van der Waals surface area contributed by atoms with Gasteiger partial charge >= 0.3 is 6.36 Å². The zero-order chi connectivity index (χ0) is 17.9. The van der Waals surface area contributed by atoms with Crippen LogP contribution in [0.1, 0.15) is 34.5 Å². The SMILES string of the molecule is Cc1cccc(C(=O)NC(C)c2ccc(OC(F)(F)F)cc2)c1I. The van der Waals surface area contributed by atoms with Crippen LogP contribution >= 0.6 is 22.6 Å². The van der Waals surface area contributed by atoms with Gasteiger partial charge in [-0.1, -0.05) is 24.3 Å². The van der Waals surface area contributed by atoms with Gasteiger partial charge in [-0.15, -0.1) is 13.2 Å². The summed E-state index contributed by atoms with van der Waals surface area (Å²) in [4.78, 5) is 12.4.